The first-order valence-electron chi connectivity index (χ1n) is 10.3. The summed E-state index contributed by atoms with van der Waals surface area (Å²) in [5.74, 6) is 0.937. The van der Waals surface area contributed by atoms with Crippen LogP contribution in [-0.2, 0) is 9.59 Å². The van der Waals surface area contributed by atoms with Gasteiger partial charge >= 0.3 is 0 Å². The lowest BCUT2D eigenvalue weighted by atomic mass is 9.92. The van der Waals surface area contributed by atoms with Gasteiger partial charge in [0.15, 0.2) is 0 Å². The molecular weight excluding hydrogens is 378 g/mol. The lowest BCUT2D eigenvalue weighted by Gasteiger charge is -2.22. The molecule has 0 aromatic heterocycles. The van der Waals surface area contributed by atoms with E-state index >= 15 is 0 Å². The van der Waals surface area contributed by atoms with E-state index in [1.54, 1.807) is 31.2 Å². The molecule has 30 heavy (non-hydrogen) atoms. The zero-order chi connectivity index (χ0) is 22.3. The lowest BCUT2D eigenvalue weighted by molar-refractivity contribution is -0.119. The minimum atomic E-state index is -0.191. The fraction of sp³-hybridized carbons (Fsp3) is 0.417. The molecule has 0 aliphatic heterocycles. The maximum Gasteiger partial charge on any atom is 0.238 e. The van der Waals surface area contributed by atoms with Crippen molar-refractivity contribution in [1.29, 1.82) is 0 Å². The SMILES string of the molecule is COc1cccc(NC(=O)CN(C)CC(=O)Nc2c(C(C)C)cccc2C(C)C)c1. The molecule has 2 aromatic rings. The van der Waals surface area contributed by atoms with Crippen molar-refractivity contribution in [3.8, 4) is 5.75 Å². The third kappa shape index (κ3) is 6.59. The van der Waals surface area contributed by atoms with Crippen LogP contribution in [0.5, 0.6) is 5.75 Å². The maximum absolute atomic E-state index is 12.7. The number of nitrogens with one attached hydrogen (secondary N) is 2. The fourth-order valence-electron chi connectivity index (χ4n) is 3.32. The van der Waals surface area contributed by atoms with E-state index in [1.165, 1.54) is 0 Å². The Balaban J connectivity index is 1.98. The Hall–Kier alpha value is -2.86. The molecule has 0 unspecified atom stereocenters. The highest BCUT2D eigenvalue weighted by Crippen LogP contribution is 2.32. The third-order valence-electron chi connectivity index (χ3n) is 4.82. The number of carbonyl (C=O) groups excluding carboxylic acids is 2. The van der Waals surface area contributed by atoms with E-state index in [0.29, 0.717) is 23.3 Å². The molecular formula is C24H33N3O3. The van der Waals surface area contributed by atoms with Crippen LogP contribution >= 0.6 is 0 Å². The normalized spacial score (nSPS) is 11.1. The summed E-state index contributed by atoms with van der Waals surface area (Å²) < 4.78 is 5.16. The van der Waals surface area contributed by atoms with Crippen LogP contribution in [0.15, 0.2) is 42.5 Å². The number of nitrogens with zero attached hydrogens (tertiary/aromatic N) is 1. The van der Waals surface area contributed by atoms with Crippen LogP contribution in [0.25, 0.3) is 0 Å². The Kier molecular flexibility index (Phi) is 8.42. The highest BCUT2D eigenvalue weighted by molar-refractivity contribution is 5.95. The van der Waals surface area contributed by atoms with Crippen LogP contribution in [0.4, 0.5) is 11.4 Å². The van der Waals surface area contributed by atoms with Crippen LogP contribution in [0.1, 0.15) is 50.7 Å². The lowest BCUT2D eigenvalue weighted by Crippen LogP contribution is -2.36. The minimum Gasteiger partial charge on any atom is -0.497 e. The predicted octanol–water partition coefficient (Wildman–Crippen LogP) is 4.45. The third-order valence-corrected chi connectivity index (χ3v) is 4.82. The van der Waals surface area contributed by atoms with E-state index in [1.807, 2.05) is 18.2 Å². The van der Waals surface area contributed by atoms with Crippen LogP contribution in [0.3, 0.4) is 0 Å². The van der Waals surface area contributed by atoms with E-state index in [-0.39, 0.29) is 24.9 Å². The largest absolute Gasteiger partial charge is 0.497 e. The van der Waals surface area contributed by atoms with Gasteiger partial charge in [-0.3, -0.25) is 14.5 Å². The Morgan fingerprint density at radius 2 is 1.43 bits per heavy atom. The van der Waals surface area contributed by atoms with Crippen LogP contribution in [0, 0.1) is 0 Å². The van der Waals surface area contributed by atoms with Crippen molar-refractivity contribution < 1.29 is 14.3 Å². The number of carbonyl (C=O) groups is 2. The summed E-state index contributed by atoms with van der Waals surface area (Å²) >= 11 is 0. The van der Waals surface area contributed by atoms with Crippen molar-refractivity contribution in [3.63, 3.8) is 0 Å². The Labute approximate surface area is 179 Å². The van der Waals surface area contributed by atoms with Gasteiger partial charge in [0, 0.05) is 17.4 Å². The number of amides is 2. The van der Waals surface area contributed by atoms with Gasteiger partial charge < -0.3 is 15.4 Å². The van der Waals surface area contributed by atoms with Crippen molar-refractivity contribution in [3.05, 3.63) is 53.6 Å². The van der Waals surface area contributed by atoms with Gasteiger partial charge in [0.2, 0.25) is 11.8 Å². The van der Waals surface area contributed by atoms with E-state index in [4.69, 9.17) is 4.74 Å². The number of hydrogen-bond acceptors (Lipinski definition) is 4. The number of hydrogen-bond donors (Lipinski definition) is 2. The number of para-hydroxylation sites is 1. The van der Waals surface area contributed by atoms with Gasteiger partial charge in [0.1, 0.15) is 5.75 Å². The highest BCUT2D eigenvalue weighted by Gasteiger charge is 2.17. The molecule has 0 fully saturated rings. The van der Waals surface area contributed by atoms with Gasteiger partial charge in [-0.25, -0.2) is 0 Å². The topological polar surface area (TPSA) is 70.7 Å². The van der Waals surface area contributed by atoms with Crippen molar-refractivity contribution in [2.45, 2.75) is 39.5 Å². The Morgan fingerprint density at radius 1 is 0.900 bits per heavy atom. The molecule has 0 spiro atoms. The van der Waals surface area contributed by atoms with Crippen LogP contribution in [-0.4, -0.2) is 44.0 Å². The standard InChI is InChI=1S/C24H33N3O3/c1-16(2)20-11-8-12-21(17(3)4)24(20)26-23(29)15-27(5)14-22(28)25-18-9-7-10-19(13-18)30-6/h7-13,16-17H,14-15H2,1-6H3,(H,25,28)(H,26,29). The summed E-state index contributed by atoms with van der Waals surface area (Å²) in [4.78, 5) is 26.7. The fourth-order valence-corrected chi connectivity index (χ4v) is 3.32. The van der Waals surface area contributed by atoms with Gasteiger partial charge in [0.05, 0.1) is 20.2 Å². The van der Waals surface area contributed by atoms with Crippen molar-refractivity contribution in [2.75, 3.05) is 37.9 Å². The molecule has 0 atom stereocenters. The van der Waals surface area contributed by atoms with Gasteiger partial charge in [-0.05, 0) is 42.1 Å². The first-order chi connectivity index (χ1) is 14.2. The number of anilines is 2. The second kappa shape index (κ2) is 10.8. The zero-order valence-electron chi connectivity index (χ0n) is 18.8. The molecule has 0 saturated heterocycles. The molecule has 6 heteroatoms. The molecule has 2 amide bonds. The number of rotatable bonds is 9. The Morgan fingerprint density at radius 3 is 1.97 bits per heavy atom. The summed E-state index contributed by atoms with van der Waals surface area (Å²) in [5, 5.41) is 5.91. The molecule has 162 valence electrons. The maximum atomic E-state index is 12.7. The first kappa shape index (κ1) is 23.4. The summed E-state index contributed by atoms with van der Waals surface area (Å²) in [6, 6.07) is 13.3. The second-order valence-corrected chi connectivity index (χ2v) is 8.12. The number of benzene rings is 2. The highest BCUT2D eigenvalue weighted by atomic mass is 16.5. The average Bonchev–Trinajstić information content (AvgIpc) is 2.67. The summed E-state index contributed by atoms with van der Waals surface area (Å²) in [7, 11) is 3.33. The Bertz CT molecular complexity index is 851. The van der Waals surface area contributed by atoms with E-state index in [9.17, 15) is 9.59 Å². The average molecular weight is 412 g/mol. The summed E-state index contributed by atoms with van der Waals surface area (Å²) in [5.41, 5.74) is 3.78. The first-order valence-corrected chi connectivity index (χ1v) is 10.3. The molecule has 0 saturated carbocycles. The number of ether oxygens (including phenoxy) is 1. The van der Waals surface area contributed by atoms with E-state index in [0.717, 1.165) is 16.8 Å². The molecule has 2 aromatic carbocycles. The molecule has 6 nitrogen and oxygen atoms in total. The molecule has 2 N–H and O–H groups in total. The molecule has 0 aliphatic carbocycles. The summed E-state index contributed by atoms with van der Waals surface area (Å²) in [6.45, 7) is 8.69. The van der Waals surface area contributed by atoms with E-state index in [2.05, 4.69) is 50.5 Å². The van der Waals surface area contributed by atoms with Crippen LogP contribution < -0.4 is 15.4 Å². The predicted molar refractivity (Wildman–Crippen MR) is 122 cm³/mol. The minimum absolute atomic E-state index is 0.105. The van der Waals surface area contributed by atoms with Crippen molar-refractivity contribution in [2.24, 2.45) is 0 Å². The van der Waals surface area contributed by atoms with Gasteiger partial charge in [-0.1, -0.05) is 52.0 Å². The molecule has 2 rings (SSSR count). The van der Waals surface area contributed by atoms with Crippen molar-refractivity contribution >= 4 is 23.2 Å². The van der Waals surface area contributed by atoms with Gasteiger partial charge in [0.25, 0.3) is 0 Å². The zero-order valence-corrected chi connectivity index (χ0v) is 18.8. The molecule has 0 bridgehead atoms. The number of methoxy groups -OCH3 is 1. The molecule has 0 heterocycles. The van der Waals surface area contributed by atoms with Crippen molar-refractivity contribution in [1.82, 2.24) is 4.90 Å². The monoisotopic (exact) mass is 411 g/mol. The second-order valence-electron chi connectivity index (χ2n) is 8.12. The summed E-state index contributed by atoms with van der Waals surface area (Å²) in [6.07, 6.45) is 0. The quantitative estimate of drug-likeness (QED) is 0.639. The molecule has 0 aliphatic rings. The molecule has 0 radical (unpaired) electrons. The smallest absolute Gasteiger partial charge is 0.238 e. The van der Waals surface area contributed by atoms with Gasteiger partial charge in [-0.15, -0.1) is 0 Å². The van der Waals surface area contributed by atoms with Gasteiger partial charge in [-0.2, -0.15) is 0 Å². The van der Waals surface area contributed by atoms with E-state index < -0.39 is 0 Å². The number of likely N-dealkylation sites (N-methyl/N-ethyl adjacent to an activating group) is 1. The van der Waals surface area contributed by atoms with Crippen LogP contribution in [0.2, 0.25) is 0 Å².